The van der Waals surface area contributed by atoms with Crippen LogP contribution in [0, 0.1) is 21.6 Å². The van der Waals surface area contributed by atoms with Crippen LogP contribution in [0.2, 0.25) is 0 Å². The molecule has 0 spiro atoms. The first-order valence-corrected chi connectivity index (χ1v) is 1.46. The molecule has 0 atom stereocenters. The van der Waals surface area contributed by atoms with Crippen LogP contribution in [-0.2, 0) is 0 Å². The molecule has 0 saturated heterocycles. The fraction of sp³-hybridized carbons (Fsp3) is 0.500. The molecule has 0 amide bonds. The first-order chi connectivity index (χ1) is 3.18. The van der Waals surface area contributed by atoms with E-state index in [0.29, 0.717) is 5.01 Å². The average Bonchev–Trinajstić information content (AvgIpc) is 1.65. The van der Waals surface area contributed by atoms with Crippen LogP contribution in [-0.4, -0.2) is 17.1 Å². The molecule has 0 fully saturated rings. The van der Waals surface area contributed by atoms with Gasteiger partial charge in [-0.2, -0.15) is 5.26 Å². The Bertz CT molecular complexity index is 115. The second kappa shape index (κ2) is 1.97. The van der Waals surface area contributed by atoms with Crippen molar-refractivity contribution in [1.82, 2.24) is 5.01 Å². The molecule has 0 unspecified atom stereocenters. The minimum absolute atomic E-state index is 0.319. The van der Waals surface area contributed by atoms with Gasteiger partial charge in [-0.25, -0.2) is 10.1 Å². The smallest absolute Gasteiger partial charge is 0.234 e. The Morgan fingerprint density at radius 3 is 2.43 bits per heavy atom. The van der Waals surface area contributed by atoms with Gasteiger partial charge in [-0.15, -0.1) is 0 Å². The Morgan fingerprint density at radius 1 is 2.00 bits per heavy atom. The maximum absolute atomic E-state index is 9.44. The van der Waals surface area contributed by atoms with Crippen LogP contribution < -0.4 is 0 Å². The average molecular weight is 101 g/mol. The summed E-state index contributed by atoms with van der Waals surface area (Å²) in [6.07, 6.45) is 1.30. The summed E-state index contributed by atoms with van der Waals surface area (Å²) in [5.41, 5.74) is 0. The highest BCUT2D eigenvalue weighted by molar-refractivity contribution is 4.55. The van der Waals surface area contributed by atoms with Gasteiger partial charge in [0.25, 0.3) is 0 Å². The van der Waals surface area contributed by atoms with Gasteiger partial charge in [0.1, 0.15) is 0 Å². The summed E-state index contributed by atoms with van der Waals surface area (Å²) in [6, 6.07) is 0. The van der Waals surface area contributed by atoms with E-state index in [-0.39, 0.29) is 0 Å². The SMILES string of the molecule is CN(C#N)[N+](=O)[O-]. The molecule has 38 valence electrons. The van der Waals surface area contributed by atoms with Crippen LogP contribution >= 0.6 is 0 Å². The van der Waals surface area contributed by atoms with Crippen molar-refractivity contribution in [2.24, 2.45) is 0 Å². The van der Waals surface area contributed by atoms with Gasteiger partial charge in [0, 0.05) is 0 Å². The van der Waals surface area contributed by atoms with E-state index < -0.39 is 5.03 Å². The number of hydrogen-bond acceptors (Lipinski definition) is 3. The molecule has 0 saturated carbocycles. The lowest BCUT2D eigenvalue weighted by Gasteiger charge is -1.90. The monoisotopic (exact) mass is 101 g/mol. The van der Waals surface area contributed by atoms with Crippen molar-refractivity contribution in [2.75, 3.05) is 7.05 Å². The number of hydrogen-bond donors (Lipinski definition) is 0. The zero-order valence-electron chi connectivity index (χ0n) is 3.66. The second-order valence-electron chi connectivity index (χ2n) is 0.861. The number of nitriles is 1. The molecule has 0 aromatic carbocycles. The lowest BCUT2D eigenvalue weighted by Crippen LogP contribution is -2.18. The van der Waals surface area contributed by atoms with Crippen molar-refractivity contribution in [3.63, 3.8) is 0 Å². The van der Waals surface area contributed by atoms with Crippen LogP contribution in [0.25, 0.3) is 0 Å². The van der Waals surface area contributed by atoms with Crippen molar-refractivity contribution in [3.8, 4) is 6.19 Å². The third-order valence-electron chi connectivity index (χ3n) is 0.390. The lowest BCUT2D eigenvalue weighted by molar-refractivity contribution is -0.629. The number of nitro groups is 1. The number of nitrogens with zero attached hydrogens (tertiary/aromatic N) is 3. The summed E-state index contributed by atoms with van der Waals surface area (Å²) in [6.45, 7) is 0. The van der Waals surface area contributed by atoms with Crippen molar-refractivity contribution < 1.29 is 5.03 Å². The van der Waals surface area contributed by atoms with Crippen molar-refractivity contribution in [1.29, 1.82) is 5.26 Å². The standard InChI is InChI=1S/C2H3N3O2/c1-4(2-3)5(6)7/h1H3. The Balaban J connectivity index is 3.63. The van der Waals surface area contributed by atoms with E-state index in [1.807, 2.05) is 0 Å². The van der Waals surface area contributed by atoms with Gasteiger partial charge in [0.15, 0.2) is 5.03 Å². The summed E-state index contributed by atoms with van der Waals surface area (Å²) in [5, 5.41) is 16.7. The third-order valence-corrected chi connectivity index (χ3v) is 0.390. The molecule has 0 aromatic rings. The van der Waals surface area contributed by atoms with Crippen LogP contribution in [0.3, 0.4) is 0 Å². The highest BCUT2D eigenvalue weighted by atomic mass is 16.7. The van der Waals surface area contributed by atoms with Crippen molar-refractivity contribution >= 4 is 0 Å². The van der Waals surface area contributed by atoms with E-state index in [4.69, 9.17) is 5.26 Å². The Labute approximate surface area is 39.9 Å². The molecule has 0 aliphatic carbocycles. The number of rotatable bonds is 1. The van der Waals surface area contributed by atoms with Crippen LogP contribution in [0.5, 0.6) is 0 Å². The predicted molar refractivity (Wildman–Crippen MR) is 20.4 cm³/mol. The van der Waals surface area contributed by atoms with E-state index in [1.54, 1.807) is 0 Å². The van der Waals surface area contributed by atoms with E-state index in [9.17, 15) is 10.1 Å². The molecular formula is C2H3N3O2. The molecule has 0 heterocycles. The van der Waals surface area contributed by atoms with E-state index in [0.717, 1.165) is 7.05 Å². The second-order valence-corrected chi connectivity index (χ2v) is 0.861. The van der Waals surface area contributed by atoms with Gasteiger partial charge in [-0.3, -0.25) is 0 Å². The molecule has 0 radical (unpaired) electrons. The molecule has 0 aliphatic heterocycles. The molecule has 0 rings (SSSR count). The Kier molecular flexibility index (Phi) is 1.60. The maximum Gasteiger partial charge on any atom is 0.244 e. The van der Waals surface area contributed by atoms with Crippen LogP contribution in [0.15, 0.2) is 0 Å². The van der Waals surface area contributed by atoms with Crippen molar-refractivity contribution in [3.05, 3.63) is 10.1 Å². The molecule has 0 N–H and O–H groups in total. The molecule has 5 nitrogen and oxygen atoms in total. The van der Waals surface area contributed by atoms with Crippen LogP contribution in [0.1, 0.15) is 0 Å². The minimum atomic E-state index is -0.806. The Morgan fingerprint density at radius 2 is 2.43 bits per heavy atom. The largest absolute Gasteiger partial charge is 0.244 e. The van der Waals surface area contributed by atoms with E-state index in [2.05, 4.69) is 0 Å². The summed E-state index contributed by atoms with van der Waals surface area (Å²) in [7, 11) is 1.07. The van der Waals surface area contributed by atoms with Gasteiger partial charge >= 0.3 is 0 Å². The minimum Gasteiger partial charge on any atom is -0.234 e. The highest BCUT2D eigenvalue weighted by Crippen LogP contribution is 1.72. The summed E-state index contributed by atoms with van der Waals surface area (Å²) in [4.78, 5) is 9.44. The van der Waals surface area contributed by atoms with E-state index in [1.165, 1.54) is 6.19 Å². The fourth-order valence-electron chi connectivity index (χ4n) is 0.0365. The number of hydrazine groups is 1. The topological polar surface area (TPSA) is 70.2 Å². The van der Waals surface area contributed by atoms with Gasteiger partial charge in [-0.1, -0.05) is 0 Å². The first kappa shape index (κ1) is 5.69. The fourth-order valence-corrected chi connectivity index (χ4v) is 0.0365. The lowest BCUT2D eigenvalue weighted by atomic mass is 11.1. The molecule has 0 aromatic heterocycles. The molecular weight excluding hydrogens is 98.0 g/mol. The molecule has 5 heteroatoms. The quantitative estimate of drug-likeness (QED) is 0.195. The maximum atomic E-state index is 9.44. The van der Waals surface area contributed by atoms with E-state index >= 15 is 0 Å². The predicted octanol–water partition coefficient (Wildman–Crippen LogP) is -0.409. The van der Waals surface area contributed by atoms with Crippen LogP contribution in [0.4, 0.5) is 0 Å². The Hall–Kier alpha value is -1.31. The first-order valence-electron chi connectivity index (χ1n) is 1.46. The zero-order chi connectivity index (χ0) is 5.86. The highest BCUT2D eigenvalue weighted by Gasteiger charge is 2.00. The molecule has 0 bridgehead atoms. The third kappa shape index (κ3) is 1.54. The van der Waals surface area contributed by atoms with Gasteiger partial charge < -0.3 is 0 Å². The summed E-state index contributed by atoms with van der Waals surface area (Å²) < 4.78 is 0. The summed E-state index contributed by atoms with van der Waals surface area (Å²) in [5.74, 6) is 0. The van der Waals surface area contributed by atoms with Gasteiger partial charge in [0.2, 0.25) is 6.19 Å². The van der Waals surface area contributed by atoms with Gasteiger partial charge in [-0.05, 0) is 5.01 Å². The van der Waals surface area contributed by atoms with Crippen molar-refractivity contribution in [2.45, 2.75) is 0 Å². The zero-order valence-corrected chi connectivity index (χ0v) is 3.66. The normalized spacial score (nSPS) is 6.86. The van der Waals surface area contributed by atoms with Gasteiger partial charge in [0.05, 0.1) is 7.05 Å². The summed E-state index contributed by atoms with van der Waals surface area (Å²) >= 11 is 0. The molecule has 7 heavy (non-hydrogen) atoms. The molecule has 0 aliphatic rings.